The van der Waals surface area contributed by atoms with Gasteiger partial charge in [-0.15, -0.1) is 0 Å². The lowest BCUT2D eigenvalue weighted by Gasteiger charge is -2.12. The van der Waals surface area contributed by atoms with E-state index in [1.807, 2.05) is 73.7 Å². The number of ether oxygens (including phenoxy) is 3. The van der Waals surface area contributed by atoms with Gasteiger partial charge in [0.25, 0.3) is 5.91 Å². The third-order valence-corrected chi connectivity index (χ3v) is 4.63. The lowest BCUT2D eigenvalue weighted by molar-refractivity contribution is 0.101. The van der Waals surface area contributed by atoms with Crippen molar-refractivity contribution in [1.82, 2.24) is 9.78 Å². The van der Waals surface area contributed by atoms with E-state index in [-0.39, 0.29) is 5.69 Å². The van der Waals surface area contributed by atoms with E-state index in [0.29, 0.717) is 29.5 Å². The van der Waals surface area contributed by atoms with Crippen LogP contribution in [0.5, 0.6) is 23.0 Å². The Bertz CT molecular complexity index is 1190. The van der Waals surface area contributed by atoms with Crippen molar-refractivity contribution in [2.75, 3.05) is 19.0 Å². The van der Waals surface area contributed by atoms with Gasteiger partial charge in [-0.1, -0.05) is 30.3 Å². The second-order valence-electron chi connectivity index (χ2n) is 6.78. The van der Waals surface area contributed by atoms with Gasteiger partial charge < -0.3 is 19.5 Å². The number of aromatic nitrogens is 2. The highest BCUT2D eigenvalue weighted by atomic mass is 16.5. The van der Waals surface area contributed by atoms with Gasteiger partial charge in [0.05, 0.1) is 31.3 Å². The number of nitrogens with zero attached hydrogens (tertiary/aromatic N) is 2. The molecule has 0 spiro atoms. The molecule has 0 aliphatic rings. The molecule has 0 saturated carbocycles. The number of anilines is 1. The Balaban J connectivity index is 1.55. The first kappa shape index (κ1) is 21.0. The van der Waals surface area contributed by atoms with Crippen molar-refractivity contribution in [3.63, 3.8) is 0 Å². The molecule has 0 fully saturated rings. The van der Waals surface area contributed by atoms with Gasteiger partial charge in [0.2, 0.25) is 0 Å². The number of para-hydroxylation sites is 3. The summed E-state index contributed by atoms with van der Waals surface area (Å²) in [5.41, 5.74) is 1.51. The largest absolute Gasteiger partial charge is 0.494 e. The van der Waals surface area contributed by atoms with Gasteiger partial charge in [0.1, 0.15) is 11.5 Å². The first-order chi connectivity index (χ1) is 15.7. The summed E-state index contributed by atoms with van der Waals surface area (Å²) in [4.78, 5) is 13.0. The molecule has 0 unspecified atom stereocenters. The summed E-state index contributed by atoms with van der Waals surface area (Å²) < 4.78 is 18.4. The van der Waals surface area contributed by atoms with Crippen LogP contribution >= 0.6 is 0 Å². The van der Waals surface area contributed by atoms with Crippen molar-refractivity contribution >= 4 is 11.6 Å². The van der Waals surface area contributed by atoms with Gasteiger partial charge >= 0.3 is 0 Å². The van der Waals surface area contributed by atoms with Crippen molar-refractivity contribution in [2.45, 2.75) is 6.92 Å². The summed E-state index contributed by atoms with van der Waals surface area (Å²) >= 11 is 0. The van der Waals surface area contributed by atoms with Crippen LogP contribution in [0.25, 0.3) is 5.69 Å². The molecule has 0 bridgehead atoms. The van der Waals surface area contributed by atoms with Crippen LogP contribution in [0, 0.1) is 0 Å². The van der Waals surface area contributed by atoms with Crippen LogP contribution in [0.15, 0.2) is 85.1 Å². The normalized spacial score (nSPS) is 10.4. The van der Waals surface area contributed by atoms with Crippen molar-refractivity contribution < 1.29 is 19.0 Å². The van der Waals surface area contributed by atoms with Crippen LogP contribution in [0.2, 0.25) is 0 Å². The highest BCUT2D eigenvalue weighted by molar-refractivity contribution is 6.05. The molecule has 1 amide bonds. The molecule has 4 aromatic rings. The lowest BCUT2D eigenvalue weighted by atomic mass is 10.2. The Kier molecular flexibility index (Phi) is 6.36. The van der Waals surface area contributed by atoms with Crippen LogP contribution in [-0.2, 0) is 0 Å². The van der Waals surface area contributed by atoms with Gasteiger partial charge in [-0.3, -0.25) is 4.79 Å². The topological polar surface area (TPSA) is 74.6 Å². The highest BCUT2D eigenvalue weighted by Crippen LogP contribution is 2.31. The lowest BCUT2D eigenvalue weighted by Crippen LogP contribution is -2.14. The number of hydrogen-bond donors (Lipinski definition) is 1. The second-order valence-corrected chi connectivity index (χ2v) is 6.78. The summed E-state index contributed by atoms with van der Waals surface area (Å²) in [7, 11) is 1.51. The van der Waals surface area contributed by atoms with E-state index in [2.05, 4.69) is 10.4 Å². The maximum absolute atomic E-state index is 13.0. The van der Waals surface area contributed by atoms with Gasteiger partial charge in [0.15, 0.2) is 17.2 Å². The number of nitrogens with one attached hydrogen (secondary N) is 1. The Morgan fingerprint density at radius 3 is 2.31 bits per heavy atom. The summed E-state index contributed by atoms with van der Waals surface area (Å²) in [6.45, 7) is 2.53. The zero-order valence-corrected chi connectivity index (χ0v) is 17.8. The van der Waals surface area contributed by atoms with Crippen LogP contribution in [0.1, 0.15) is 17.4 Å². The molecule has 0 radical (unpaired) electrons. The second kappa shape index (κ2) is 9.70. The smallest absolute Gasteiger partial charge is 0.280 e. The number of carbonyl (C=O) groups is 1. The molecular weight excluding hydrogens is 406 g/mol. The van der Waals surface area contributed by atoms with Crippen molar-refractivity contribution in [3.8, 4) is 28.7 Å². The summed E-state index contributed by atoms with van der Waals surface area (Å²) in [5, 5.41) is 7.29. The van der Waals surface area contributed by atoms with E-state index in [1.54, 1.807) is 23.0 Å². The predicted molar refractivity (Wildman–Crippen MR) is 122 cm³/mol. The maximum atomic E-state index is 13.0. The first-order valence-corrected chi connectivity index (χ1v) is 10.2. The van der Waals surface area contributed by atoms with Gasteiger partial charge in [-0.2, -0.15) is 5.10 Å². The first-order valence-electron chi connectivity index (χ1n) is 10.2. The quantitative estimate of drug-likeness (QED) is 0.410. The van der Waals surface area contributed by atoms with Gasteiger partial charge in [-0.25, -0.2) is 4.68 Å². The Morgan fingerprint density at radius 2 is 1.59 bits per heavy atom. The summed E-state index contributed by atoms with van der Waals surface area (Å²) in [6.07, 6.45) is 1.67. The fourth-order valence-corrected chi connectivity index (χ4v) is 3.12. The third-order valence-electron chi connectivity index (χ3n) is 4.63. The molecule has 1 aromatic heterocycles. The molecule has 0 atom stereocenters. The van der Waals surface area contributed by atoms with Gasteiger partial charge in [0, 0.05) is 0 Å². The van der Waals surface area contributed by atoms with E-state index in [9.17, 15) is 4.79 Å². The molecule has 32 heavy (non-hydrogen) atoms. The predicted octanol–water partition coefficient (Wildman–Crippen LogP) is 5.32. The molecule has 1 N–H and O–H groups in total. The average Bonchev–Trinajstić information content (AvgIpc) is 3.27. The van der Waals surface area contributed by atoms with E-state index in [1.165, 1.54) is 7.11 Å². The third kappa shape index (κ3) is 4.73. The summed E-state index contributed by atoms with van der Waals surface area (Å²) in [5.74, 6) is 1.87. The summed E-state index contributed by atoms with van der Waals surface area (Å²) in [6, 6.07) is 24.0. The number of hydrogen-bond acceptors (Lipinski definition) is 5. The maximum Gasteiger partial charge on any atom is 0.280 e. The Hall–Kier alpha value is -4.26. The molecule has 162 valence electrons. The molecule has 1 heterocycles. The molecule has 4 rings (SSSR count). The average molecular weight is 429 g/mol. The van der Waals surface area contributed by atoms with E-state index in [4.69, 9.17) is 14.2 Å². The standard InChI is InChI=1S/C25H23N3O4/c1-3-31-19-13-15-20(16-14-19)32-22-12-8-7-11-21(22)26-25(29)24-23(30-2)17-28(27-24)18-9-5-4-6-10-18/h4-17H,3H2,1-2H3,(H,26,29). The zero-order chi connectivity index (χ0) is 22.3. The van der Waals surface area contributed by atoms with E-state index in [0.717, 1.165) is 11.4 Å². The van der Waals surface area contributed by atoms with E-state index < -0.39 is 5.91 Å². The number of benzene rings is 3. The molecule has 0 aliphatic carbocycles. The SMILES string of the molecule is CCOc1ccc(Oc2ccccc2NC(=O)c2nn(-c3ccccc3)cc2OC)cc1. The van der Waals surface area contributed by atoms with Crippen LogP contribution in [-0.4, -0.2) is 29.4 Å². The van der Waals surface area contributed by atoms with Crippen molar-refractivity contribution in [2.24, 2.45) is 0 Å². The minimum Gasteiger partial charge on any atom is -0.494 e. The molecular formula is C25H23N3O4. The Morgan fingerprint density at radius 1 is 0.906 bits per heavy atom. The number of rotatable bonds is 8. The number of methoxy groups -OCH3 is 1. The molecule has 3 aromatic carbocycles. The monoisotopic (exact) mass is 429 g/mol. The molecule has 0 saturated heterocycles. The highest BCUT2D eigenvalue weighted by Gasteiger charge is 2.20. The minimum atomic E-state index is -0.403. The number of carbonyl (C=O) groups excluding carboxylic acids is 1. The minimum absolute atomic E-state index is 0.173. The molecule has 7 heteroatoms. The Labute approximate surface area is 186 Å². The van der Waals surface area contributed by atoms with Crippen LogP contribution < -0.4 is 19.5 Å². The molecule has 7 nitrogen and oxygen atoms in total. The van der Waals surface area contributed by atoms with E-state index >= 15 is 0 Å². The fraction of sp³-hybridized carbons (Fsp3) is 0.120. The molecule has 0 aliphatic heterocycles. The van der Waals surface area contributed by atoms with Gasteiger partial charge in [-0.05, 0) is 55.5 Å². The van der Waals surface area contributed by atoms with Crippen LogP contribution in [0.4, 0.5) is 5.69 Å². The van der Waals surface area contributed by atoms with Crippen LogP contribution in [0.3, 0.4) is 0 Å². The fourth-order valence-electron chi connectivity index (χ4n) is 3.12. The van der Waals surface area contributed by atoms with Crippen molar-refractivity contribution in [3.05, 3.63) is 90.8 Å². The number of amides is 1. The zero-order valence-electron chi connectivity index (χ0n) is 17.8. The van der Waals surface area contributed by atoms with Crippen molar-refractivity contribution in [1.29, 1.82) is 0 Å².